The third-order valence-corrected chi connectivity index (χ3v) is 6.30. The molecule has 0 radical (unpaired) electrons. The Morgan fingerprint density at radius 3 is 2.70 bits per heavy atom. The molecule has 1 fully saturated rings. The number of benzene rings is 2. The first kappa shape index (κ1) is 20.5. The van der Waals surface area contributed by atoms with Crippen molar-refractivity contribution in [2.75, 3.05) is 11.9 Å². The fourth-order valence-corrected chi connectivity index (χ4v) is 4.50. The van der Waals surface area contributed by atoms with E-state index in [0.29, 0.717) is 9.23 Å². The summed E-state index contributed by atoms with van der Waals surface area (Å²) >= 11 is 12.2. The molecule has 0 unspecified atom stereocenters. The van der Waals surface area contributed by atoms with Crippen LogP contribution in [0.3, 0.4) is 0 Å². The van der Waals surface area contributed by atoms with Gasteiger partial charge in [-0.15, -0.1) is 0 Å². The van der Waals surface area contributed by atoms with Crippen LogP contribution in [0.15, 0.2) is 57.9 Å². The van der Waals surface area contributed by atoms with Gasteiger partial charge in [-0.1, -0.05) is 52.0 Å². The summed E-state index contributed by atoms with van der Waals surface area (Å²) < 4.78 is 2.52. The first-order valence-corrected chi connectivity index (χ1v) is 11.1. The molecular weight excluding hydrogens is 559 g/mol. The molecule has 0 spiro atoms. The molecule has 1 N–H and O–H groups in total. The Bertz CT molecular complexity index is 932. The number of nitrogens with zero attached hydrogens (tertiary/aromatic N) is 1. The van der Waals surface area contributed by atoms with Gasteiger partial charge in [0.1, 0.15) is 4.32 Å². The maximum Gasteiger partial charge on any atom is 0.266 e. The second-order valence-electron chi connectivity index (χ2n) is 5.69. The zero-order chi connectivity index (χ0) is 19.4. The maximum absolute atomic E-state index is 12.6. The van der Waals surface area contributed by atoms with Crippen molar-refractivity contribution < 1.29 is 9.59 Å². The fourth-order valence-electron chi connectivity index (χ4n) is 2.41. The SMILES string of the molecule is O=C(CCN1C(=O)/C(=C/c2cccc(Br)c2)SC1=S)Nc1ccc(I)cc1. The molecule has 0 aromatic heterocycles. The van der Waals surface area contributed by atoms with Crippen molar-refractivity contribution in [3.05, 3.63) is 67.0 Å². The first-order chi connectivity index (χ1) is 12.9. The minimum Gasteiger partial charge on any atom is -0.326 e. The van der Waals surface area contributed by atoms with Crippen LogP contribution in [-0.2, 0) is 9.59 Å². The predicted octanol–water partition coefficient (Wildman–Crippen LogP) is 5.28. The standard InChI is InChI=1S/C19H14BrIN2O2S2/c20-13-3-1-2-12(10-13)11-16-18(25)23(19(26)27-16)9-8-17(24)22-15-6-4-14(21)5-7-15/h1-7,10-11H,8-9H2,(H,22,24)/b16-11-. The highest BCUT2D eigenvalue weighted by Crippen LogP contribution is 2.33. The Labute approximate surface area is 189 Å². The number of anilines is 1. The van der Waals surface area contributed by atoms with Crippen LogP contribution in [0.1, 0.15) is 12.0 Å². The molecule has 0 saturated carbocycles. The van der Waals surface area contributed by atoms with Crippen molar-refractivity contribution >= 4 is 90.4 Å². The van der Waals surface area contributed by atoms with Gasteiger partial charge in [0.25, 0.3) is 5.91 Å². The lowest BCUT2D eigenvalue weighted by atomic mass is 10.2. The summed E-state index contributed by atoms with van der Waals surface area (Å²) in [6, 6.07) is 15.2. The summed E-state index contributed by atoms with van der Waals surface area (Å²) in [5, 5.41) is 2.83. The summed E-state index contributed by atoms with van der Waals surface area (Å²) in [6.07, 6.45) is 2.00. The molecule has 0 aliphatic carbocycles. The summed E-state index contributed by atoms with van der Waals surface area (Å²) in [7, 11) is 0. The van der Waals surface area contributed by atoms with Crippen molar-refractivity contribution in [2.24, 2.45) is 0 Å². The molecule has 1 aliphatic rings. The average Bonchev–Trinajstić information content (AvgIpc) is 2.88. The van der Waals surface area contributed by atoms with Crippen molar-refractivity contribution in [2.45, 2.75) is 6.42 Å². The van der Waals surface area contributed by atoms with E-state index in [1.165, 1.54) is 16.7 Å². The second kappa shape index (κ2) is 9.31. The average molecular weight is 573 g/mol. The zero-order valence-electron chi connectivity index (χ0n) is 13.9. The first-order valence-electron chi connectivity index (χ1n) is 7.99. The Kier molecular flexibility index (Phi) is 7.07. The lowest BCUT2D eigenvalue weighted by Gasteiger charge is -2.14. The smallest absolute Gasteiger partial charge is 0.266 e. The highest BCUT2D eigenvalue weighted by Gasteiger charge is 2.32. The summed E-state index contributed by atoms with van der Waals surface area (Å²) in [4.78, 5) is 26.8. The fraction of sp³-hybridized carbons (Fsp3) is 0.105. The van der Waals surface area contributed by atoms with Crippen LogP contribution in [0.2, 0.25) is 0 Å². The van der Waals surface area contributed by atoms with Crippen LogP contribution in [0.5, 0.6) is 0 Å². The van der Waals surface area contributed by atoms with Crippen molar-refractivity contribution in [1.29, 1.82) is 0 Å². The Balaban J connectivity index is 1.60. The largest absolute Gasteiger partial charge is 0.326 e. The quantitative estimate of drug-likeness (QED) is 0.301. The molecule has 138 valence electrons. The van der Waals surface area contributed by atoms with Crippen LogP contribution < -0.4 is 5.32 Å². The van der Waals surface area contributed by atoms with Gasteiger partial charge in [-0.2, -0.15) is 0 Å². The molecule has 8 heteroatoms. The zero-order valence-corrected chi connectivity index (χ0v) is 19.3. The normalized spacial score (nSPS) is 15.5. The van der Waals surface area contributed by atoms with E-state index in [1.807, 2.05) is 54.6 Å². The molecule has 27 heavy (non-hydrogen) atoms. The third-order valence-electron chi connectivity index (χ3n) is 3.71. The lowest BCUT2D eigenvalue weighted by Crippen LogP contribution is -2.31. The molecule has 4 nitrogen and oxygen atoms in total. The molecule has 1 saturated heterocycles. The molecule has 2 amide bonds. The Morgan fingerprint density at radius 2 is 2.00 bits per heavy atom. The lowest BCUT2D eigenvalue weighted by molar-refractivity contribution is -0.122. The summed E-state index contributed by atoms with van der Waals surface area (Å²) in [5.74, 6) is -0.312. The van der Waals surface area contributed by atoms with E-state index in [2.05, 4.69) is 43.8 Å². The van der Waals surface area contributed by atoms with Gasteiger partial charge in [-0.3, -0.25) is 14.5 Å². The van der Waals surface area contributed by atoms with E-state index in [1.54, 1.807) is 0 Å². The van der Waals surface area contributed by atoms with Gasteiger partial charge in [0.2, 0.25) is 5.91 Å². The highest BCUT2D eigenvalue weighted by atomic mass is 127. The van der Waals surface area contributed by atoms with Gasteiger partial charge in [0.15, 0.2) is 0 Å². The molecule has 3 rings (SSSR count). The van der Waals surface area contributed by atoms with E-state index < -0.39 is 0 Å². The Morgan fingerprint density at radius 1 is 1.26 bits per heavy atom. The molecule has 0 atom stereocenters. The van der Waals surface area contributed by atoms with E-state index in [4.69, 9.17) is 12.2 Å². The Hall–Kier alpha value is -1.23. The minimum absolute atomic E-state index is 0.152. The molecule has 1 heterocycles. The molecular formula is C19H14BrIN2O2S2. The minimum atomic E-state index is -0.160. The number of carbonyl (C=O) groups is 2. The van der Waals surface area contributed by atoms with Gasteiger partial charge in [-0.25, -0.2) is 0 Å². The molecule has 2 aromatic carbocycles. The van der Waals surface area contributed by atoms with Crippen LogP contribution in [0, 0.1) is 3.57 Å². The van der Waals surface area contributed by atoms with Crippen molar-refractivity contribution in [3.63, 3.8) is 0 Å². The summed E-state index contributed by atoms with van der Waals surface area (Å²) in [5.41, 5.74) is 1.65. The highest BCUT2D eigenvalue weighted by molar-refractivity contribution is 14.1. The predicted molar refractivity (Wildman–Crippen MR) is 126 cm³/mol. The van der Waals surface area contributed by atoms with Gasteiger partial charge in [-0.05, 0) is 70.6 Å². The maximum atomic E-state index is 12.6. The molecule has 2 aromatic rings. The van der Waals surface area contributed by atoms with Gasteiger partial charge >= 0.3 is 0 Å². The van der Waals surface area contributed by atoms with Crippen LogP contribution in [-0.4, -0.2) is 27.6 Å². The van der Waals surface area contributed by atoms with Gasteiger partial charge in [0, 0.05) is 26.7 Å². The number of rotatable bonds is 5. The van der Waals surface area contributed by atoms with Crippen LogP contribution in [0.4, 0.5) is 5.69 Å². The third kappa shape index (κ3) is 5.63. The number of hydrogen-bond donors (Lipinski definition) is 1. The van der Waals surface area contributed by atoms with Crippen LogP contribution >= 0.6 is 62.5 Å². The van der Waals surface area contributed by atoms with E-state index in [0.717, 1.165) is 19.3 Å². The number of thiocarbonyl (C=S) groups is 1. The number of carbonyl (C=O) groups excluding carboxylic acids is 2. The van der Waals surface area contributed by atoms with Gasteiger partial charge in [0.05, 0.1) is 4.91 Å². The number of halogens is 2. The number of hydrogen-bond acceptors (Lipinski definition) is 4. The number of thioether (sulfide) groups is 1. The second-order valence-corrected chi connectivity index (χ2v) is 9.53. The van der Waals surface area contributed by atoms with Crippen molar-refractivity contribution in [3.8, 4) is 0 Å². The van der Waals surface area contributed by atoms with E-state index >= 15 is 0 Å². The number of amides is 2. The topological polar surface area (TPSA) is 49.4 Å². The molecule has 0 bridgehead atoms. The number of nitrogens with one attached hydrogen (secondary N) is 1. The van der Waals surface area contributed by atoms with E-state index in [9.17, 15) is 9.59 Å². The van der Waals surface area contributed by atoms with Crippen LogP contribution in [0.25, 0.3) is 6.08 Å². The monoisotopic (exact) mass is 572 g/mol. The van der Waals surface area contributed by atoms with Gasteiger partial charge < -0.3 is 5.32 Å². The van der Waals surface area contributed by atoms with Crippen molar-refractivity contribution in [1.82, 2.24) is 4.90 Å². The molecule has 1 aliphatic heterocycles. The van der Waals surface area contributed by atoms with E-state index in [-0.39, 0.29) is 24.8 Å². The summed E-state index contributed by atoms with van der Waals surface area (Å²) in [6.45, 7) is 0.261.